The van der Waals surface area contributed by atoms with Gasteiger partial charge in [0.2, 0.25) is 0 Å². The maximum atomic E-state index is 11.8. The number of carbonyl (C=O) groups is 2. The van der Waals surface area contributed by atoms with E-state index in [1.54, 1.807) is 0 Å². The minimum atomic E-state index is -0.162. The van der Waals surface area contributed by atoms with Crippen LogP contribution >= 0.6 is 0 Å². The fourth-order valence-corrected chi connectivity index (χ4v) is 3.03. The van der Waals surface area contributed by atoms with Crippen LogP contribution in [-0.2, 0) is 19.1 Å². The zero-order valence-electron chi connectivity index (χ0n) is 20.4. The van der Waals surface area contributed by atoms with Gasteiger partial charge in [-0.15, -0.1) is 0 Å². The molecule has 2 atom stereocenters. The van der Waals surface area contributed by atoms with E-state index in [4.69, 9.17) is 9.47 Å². The molecule has 0 radical (unpaired) electrons. The molecule has 0 saturated heterocycles. The summed E-state index contributed by atoms with van der Waals surface area (Å²) in [7, 11) is 0. The molecule has 4 heteroatoms. The summed E-state index contributed by atoms with van der Waals surface area (Å²) in [5, 5.41) is 0. The number of hydrogen-bond donors (Lipinski definition) is 0. The quantitative estimate of drug-likeness (QED) is 0.141. The van der Waals surface area contributed by atoms with Crippen molar-refractivity contribution in [2.75, 3.05) is 13.2 Å². The number of rotatable bonds is 17. The summed E-state index contributed by atoms with van der Waals surface area (Å²) in [4.78, 5) is 23.6. The van der Waals surface area contributed by atoms with Crippen molar-refractivity contribution in [3.8, 4) is 0 Å². The van der Waals surface area contributed by atoms with Crippen molar-refractivity contribution >= 4 is 11.9 Å². The molecule has 30 heavy (non-hydrogen) atoms. The van der Waals surface area contributed by atoms with E-state index in [2.05, 4.69) is 53.7 Å². The molecule has 0 aromatic carbocycles. The normalized spacial score (nSPS) is 12.6. The van der Waals surface area contributed by atoms with Gasteiger partial charge in [-0.1, -0.05) is 37.1 Å². The highest BCUT2D eigenvalue weighted by atomic mass is 16.5. The molecule has 0 saturated carbocycles. The first-order chi connectivity index (χ1) is 14.2. The van der Waals surface area contributed by atoms with Gasteiger partial charge < -0.3 is 9.47 Å². The first-order valence-electron chi connectivity index (χ1n) is 11.8. The molecule has 0 heterocycles. The van der Waals surface area contributed by atoms with Gasteiger partial charge >= 0.3 is 11.9 Å². The molecule has 0 spiro atoms. The van der Waals surface area contributed by atoms with Gasteiger partial charge in [0, 0.05) is 12.8 Å². The molecule has 0 fully saturated rings. The van der Waals surface area contributed by atoms with Gasteiger partial charge in [0.25, 0.3) is 0 Å². The summed E-state index contributed by atoms with van der Waals surface area (Å²) in [5.74, 6) is 0.784. The minimum absolute atomic E-state index is 0.162. The smallest absolute Gasteiger partial charge is 0.305 e. The zero-order chi connectivity index (χ0) is 22.8. The van der Waals surface area contributed by atoms with Crippen LogP contribution in [-0.4, -0.2) is 25.2 Å². The van der Waals surface area contributed by atoms with Gasteiger partial charge in [-0.05, 0) is 90.9 Å². The molecule has 0 aliphatic rings. The number of unbranched alkanes of at least 4 members (excludes halogenated alkanes) is 1. The van der Waals surface area contributed by atoms with Crippen molar-refractivity contribution in [1.82, 2.24) is 0 Å². The van der Waals surface area contributed by atoms with Gasteiger partial charge in [0.1, 0.15) is 0 Å². The number of ether oxygens (including phenoxy) is 2. The molecule has 174 valence electrons. The van der Waals surface area contributed by atoms with Crippen molar-refractivity contribution in [2.24, 2.45) is 11.8 Å². The van der Waals surface area contributed by atoms with E-state index in [9.17, 15) is 9.59 Å². The summed E-state index contributed by atoms with van der Waals surface area (Å²) in [5.41, 5.74) is 2.70. The summed E-state index contributed by atoms with van der Waals surface area (Å²) < 4.78 is 10.6. The van der Waals surface area contributed by atoms with E-state index in [-0.39, 0.29) is 11.9 Å². The summed E-state index contributed by atoms with van der Waals surface area (Å²) in [6.07, 6.45) is 12.8. The molecule has 0 aliphatic carbocycles. The molecular formula is C26H46O4. The lowest BCUT2D eigenvalue weighted by Gasteiger charge is -2.11. The molecule has 0 aromatic rings. The predicted octanol–water partition coefficient (Wildman–Crippen LogP) is 7.18. The van der Waals surface area contributed by atoms with Crippen molar-refractivity contribution in [2.45, 2.75) is 106 Å². The SMILES string of the molecule is CC(C)=CCC[C@H](C)CCOC(=O)CCCCC(=O)OCC[C@@H](C)CCC=C(C)C. The highest BCUT2D eigenvalue weighted by molar-refractivity contribution is 5.70. The summed E-state index contributed by atoms with van der Waals surface area (Å²) in [6.45, 7) is 13.8. The third-order valence-corrected chi connectivity index (χ3v) is 5.18. The third kappa shape index (κ3) is 19.7. The Kier molecular flexibility index (Phi) is 17.3. The molecule has 0 bridgehead atoms. The van der Waals surface area contributed by atoms with Crippen LogP contribution in [0.2, 0.25) is 0 Å². The molecule has 0 aromatic heterocycles. The largest absolute Gasteiger partial charge is 0.466 e. The highest BCUT2D eigenvalue weighted by Gasteiger charge is 2.08. The van der Waals surface area contributed by atoms with E-state index >= 15 is 0 Å². The average Bonchev–Trinajstić information content (AvgIpc) is 2.64. The molecule has 0 unspecified atom stereocenters. The van der Waals surface area contributed by atoms with Crippen LogP contribution in [0.15, 0.2) is 23.3 Å². The minimum Gasteiger partial charge on any atom is -0.466 e. The zero-order valence-corrected chi connectivity index (χ0v) is 20.4. The Morgan fingerprint density at radius 2 is 1.03 bits per heavy atom. The average molecular weight is 423 g/mol. The van der Waals surface area contributed by atoms with E-state index in [1.165, 1.54) is 11.1 Å². The Labute approximate surface area is 185 Å². The molecule has 0 rings (SSSR count). The van der Waals surface area contributed by atoms with E-state index in [1.807, 2.05) is 0 Å². The van der Waals surface area contributed by atoms with Crippen LogP contribution in [0.3, 0.4) is 0 Å². The maximum Gasteiger partial charge on any atom is 0.305 e. The first-order valence-corrected chi connectivity index (χ1v) is 11.8. The Balaban J connectivity index is 3.63. The van der Waals surface area contributed by atoms with Crippen molar-refractivity contribution in [3.63, 3.8) is 0 Å². The Hall–Kier alpha value is -1.58. The van der Waals surface area contributed by atoms with E-state index < -0.39 is 0 Å². The van der Waals surface area contributed by atoms with Gasteiger partial charge in [-0.25, -0.2) is 0 Å². The van der Waals surface area contributed by atoms with Crippen molar-refractivity contribution in [1.29, 1.82) is 0 Å². The van der Waals surface area contributed by atoms with Crippen LogP contribution in [0.5, 0.6) is 0 Å². The summed E-state index contributed by atoms with van der Waals surface area (Å²) >= 11 is 0. The van der Waals surface area contributed by atoms with Gasteiger partial charge in [-0.3, -0.25) is 9.59 Å². The number of hydrogen-bond acceptors (Lipinski definition) is 4. The Bertz CT molecular complexity index is 477. The molecule has 0 N–H and O–H groups in total. The van der Waals surface area contributed by atoms with Crippen LogP contribution in [0, 0.1) is 11.8 Å². The number of esters is 2. The standard InChI is InChI=1S/C26H46O4/c1-21(2)11-9-13-23(5)17-19-29-25(27)15-7-8-16-26(28)30-20-18-24(6)14-10-12-22(3)4/h11-12,23-24H,7-10,13-20H2,1-6H3/t23-,24-/m0/s1. The number of allylic oxidation sites excluding steroid dienone is 4. The van der Waals surface area contributed by atoms with E-state index in [0.29, 0.717) is 50.7 Å². The van der Waals surface area contributed by atoms with Crippen molar-refractivity contribution < 1.29 is 19.1 Å². The lowest BCUT2D eigenvalue weighted by Crippen LogP contribution is -2.10. The van der Waals surface area contributed by atoms with Crippen LogP contribution in [0.4, 0.5) is 0 Å². The second-order valence-corrected chi connectivity index (χ2v) is 9.15. The first kappa shape index (κ1) is 28.4. The van der Waals surface area contributed by atoms with Gasteiger partial charge in [-0.2, -0.15) is 0 Å². The predicted molar refractivity (Wildman–Crippen MR) is 125 cm³/mol. The summed E-state index contributed by atoms with van der Waals surface area (Å²) in [6, 6.07) is 0. The van der Waals surface area contributed by atoms with Crippen LogP contribution in [0.25, 0.3) is 0 Å². The molecular weight excluding hydrogens is 376 g/mol. The molecule has 0 aliphatic heterocycles. The monoisotopic (exact) mass is 422 g/mol. The van der Waals surface area contributed by atoms with Crippen molar-refractivity contribution in [3.05, 3.63) is 23.3 Å². The third-order valence-electron chi connectivity index (χ3n) is 5.18. The second-order valence-electron chi connectivity index (χ2n) is 9.15. The van der Waals surface area contributed by atoms with Crippen LogP contribution < -0.4 is 0 Å². The Morgan fingerprint density at radius 3 is 1.37 bits per heavy atom. The van der Waals surface area contributed by atoms with Gasteiger partial charge in [0.15, 0.2) is 0 Å². The fraction of sp³-hybridized carbons (Fsp3) is 0.769. The maximum absolute atomic E-state index is 11.8. The second kappa shape index (κ2) is 18.2. The Morgan fingerprint density at radius 1 is 0.667 bits per heavy atom. The van der Waals surface area contributed by atoms with Crippen LogP contribution in [0.1, 0.15) is 106 Å². The topological polar surface area (TPSA) is 52.6 Å². The molecule has 4 nitrogen and oxygen atoms in total. The highest BCUT2D eigenvalue weighted by Crippen LogP contribution is 2.13. The number of carbonyl (C=O) groups excluding carboxylic acids is 2. The lowest BCUT2D eigenvalue weighted by molar-refractivity contribution is -0.146. The molecule has 0 amide bonds. The van der Waals surface area contributed by atoms with Gasteiger partial charge in [0.05, 0.1) is 13.2 Å². The fourth-order valence-electron chi connectivity index (χ4n) is 3.03. The lowest BCUT2D eigenvalue weighted by atomic mass is 10.0. The van der Waals surface area contributed by atoms with E-state index in [0.717, 1.165) is 38.5 Å².